The fourth-order valence-electron chi connectivity index (χ4n) is 3.61. The van der Waals surface area contributed by atoms with E-state index in [4.69, 9.17) is 10.2 Å². The molecule has 2 atom stereocenters. The lowest BCUT2D eigenvalue weighted by Crippen LogP contribution is -2.51. The maximum Gasteiger partial charge on any atom is 0.105 e. The fourth-order valence-corrected chi connectivity index (χ4v) is 3.61. The van der Waals surface area contributed by atoms with Gasteiger partial charge in [-0.3, -0.25) is 4.90 Å². The first-order valence-electron chi connectivity index (χ1n) is 8.05. The molecule has 0 amide bonds. The van der Waals surface area contributed by atoms with E-state index in [1.165, 1.54) is 44.1 Å². The van der Waals surface area contributed by atoms with Crippen molar-refractivity contribution < 1.29 is 4.42 Å². The van der Waals surface area contributed by atoms with Crippen LogP contribution in [0.15, 0.2) is 16.7 Å². The van der Waals surface area contributed by atoms with E-state index in [2.05, 4.69) is 24.9 Å². The Hall–Kier alpha value is -0.800. The Balaban J connectivity index is 2.07. The van der Waals surface area contributed by atoms with Crippen LogP contribution in [0.1, 0.15) is 56.8 Å². The molecule has 1 aromatic heterocycles. The van der Waals surface area contributed by atoms with Crippen LogP contribution in [0, 0.1) is 12.8 Å². The molecule has 2 unspecified atom stereocenters. The molecule has 1 aliphatic carbocycles. The Morgan fingerprint density at radius 2 is 2.20 bits per heavy atom. The van der Waals surface area contributed by atoms with E-state index >= 15 is 0 Å². The highest BCUT2D eigenvalue weighted by molar-refractivity contribution is 5.15. The van der Waals surface area contributed by atoms with Crippen LogP contribution in [0.4, 0.5) is 0 Å². The van der Waals surface area contributed by atoms with Gasteiger partial charge >= 0.3 is 0 Å². The SMILES string of the molecule is CCC1CCCC(CN)(N(C)Cc2ccoc2C)CC1. The van der Waals surface area contributed by atoms with Crippen molar-refractivity contribution in [1.29, 1.82) is 0 Å². The van der Waals surface area contributed by atoms with Gasteiger partial charge in [-0.2, -0.15) is 0 Å². The molecule has 1 fully saturated rings. The van der Waals surface area contributed by atoms with Crippen LogP contribution in [0.2, 0.25) is 0 Å². The Bertz CT molecular complexity index is 415. The Morgan fingerprint density at radius 1 is 1.40 bits per heavy atom. The first kappa shape index (κ1) is 15.6. The van der Waals surface area contributed by atoms with E-state index in [-0.39, 0.29) is 5.54 Å². The average Bonchev–Trinajstić information content (AvgIpc) is 2.75. The number of furan rings is 1. The van der Waals surface area contributed by atoms with Gasteiger partial charge in [-0.05, 0) is 45.2 Å². The molecule has 1 heterocycles. The number of rotatable bonds is 5. The molecule has 2 N–H and O–H groups in total. The Morgan fingerprint density at radius 3 is 2.80 bits per heavy atom. The summed E-state index contributed by atoms with van der Waals surface area (Å²) in [4.78, 5) is 2.48. The Kier molecular flexibility index (Phi) is 5.28. The predicted molar refractivity (Wildman–Crippen MR) is 83.6 cm³/mol. The van der Waals surface area contributed by atoms with E-state index in [9.17, 15) is 0 Å². The van der Waals surface area contributed by atoms with Crippen molar-refractivity contribution in [2.24, 2.45) is 11.7 Å². The van der Waals surface area contributed by atoms with Gasteiger partial charge in [0.15, 0.2) is 0 Å². The van der Waals surface area contributed by atoms with E-state index in [0.29, 0.717) is 0 Å². The van der Waals surface area contributed by atoms with Crippen LogP contribution in [-0.4, -0.2) is 24.0 Å². The molecule has 0 radical (unpaired) electrons. The molecule has 3 heteroatoms. The molecule has 1 saturated carbocycles. The van der Waals surface area contributed by atoms with Crippen LogP contribution < -0.4 is 5.73 Å². The van der Waals surface area contributed by atoms with Crippen LogP contribution >= 0.6 is 0 Å². The summed E-state index contributed by atoms with van der Waals surface area (Å²) in [7, 11) is 2.23. The predicted octanol–water partition coefficient (Wildman–Crippen LogP) is 3.71. The van der Waals surface area contributed by atoms with Crippen LogP contribution in [0.5, 0.6) is 0 Å². The molecule has 0 saturated heterocycles. The summed E-state index contributed by atoms with van der Waals surface area (Å²) in [5.41, 5.74) is 7.66. The third-order valence-electron chi connectivity index (χ3n) is 5.41. The maximum atomic E-state index is 6.20. The molecular formula is C17H30N2O. The van der Waals surface area contributed by atoms with Gasteiger partial charge < -0.3 is 10.2 Å². The second-order valence-electron chi connectivity index (χ2n) is 6.49. The summed E-state index contributed by atoms with van der Waals surface area (Å²) in [6.45, 7) is 6.06. The smallest absolute Gasteiger partial charge is 0.105 e. The maximum absolute atomic E-state index is 6.20. The van der Waals surface area contributed by atoms with E-state index < -0.39 is 0 Å². The minimum Gasteiger partial charge on any atom is -0.469 e. The summed E-state index contributed by atoms with van der Waals surface area (Å²) in [6.07, 6.45) is 9.56. The number of aryl methyl sites for hydroxylation is 1. The molecule has 3 nitrogen and oxygen atoms in total. The average molecular weight is 278 g/mol. The molecule has 1 aliphatic rings. The normalized spacial score (nSPS) is 27.8. The van der Waals surface area contributed by atoms with Gasteiger partial charge in [0.25, 0.3) is 0 Å². The standard InChI is InChI=1S/C17H30N2O/c1-4-15-6-5-9-17(13-18,10-7-15)19(3)12-16-8-11-20-14(16)2/h8,11,15H,4-7,9-10,12-13,18H2,1-3H3. The van der Waals surface area contributed by atoms with Gasteiger partial charge in [-0.15, -0.1) is 0 Å². The first-order chi connectivity index (χ1) is 9.61. The number of nitrogens with two attached hydrogens (primary N) is 1. The van der Waals surface area contributed by atoms with Gasteiger partial charge in [0.2, 0.25) is 0 Å². The van der Waals surface area contributed by atoms with Crippen LogP contribution in [-0.2, 0) is 6.54 Å². The van der Waals surface area contributed by atoms with Crippen molar-refractivity contribution in [2.45, 2.75) is 64.5 Å². The molecule has 0 spiro atoms. The van der Waals surface area contributed by atoms with Crippen molar-refractivity contribution >= 4 is 0 Å². The quantitative estimate of drug-likeness (QED) is 0.835. The Labute approximate surface area is 123 Å². The molecule has 114 valence electrons. The highest BCUT2D eigenvalue weighted by Crippen LogP contribution is 2.35. The summed E-state index contributed by atoms with van der Waals surface area (Å²) in [6, 6.07) is 2.08. The monoisotopic (exact) mass is 278 g/mol. The molecular weight excluding hydrogens is 248 g/mol. The second-order valence-corrected chi connectivity index (χ2v) is 6.49. The van der Waals surface area contributed by atoms with E-state index in [1.54, 1.807) is 6.26 Å². The minimum absolute atomic E-state index is 0.174. The lowest BCUT2D eigenvalue weighted by Gasteiger charge is -2.41. The molecule has 0 aliphatic heterocycles. The highest BCUT2D eigenvalue weighted by atomic mass is 16.3. The lowest BCUT2D eigenvalue weighted by atomic mass is 9.87. The minimum atomic E-state index is 0.174. The number of hydrogen-bond donors (Lipinski definition) is 1. The van der Waals surface area contributed by atoms with E-state index in [0.717, 1.165) is 24.8 Å². The van der Waals surface area contributed by atoms with Crippen molar-refractivity contribution in [3.05, 3.63) is 23.7 Å². The summed E-state index contributed by atoms with van der Waals surface area (Å²) < 4.78 is 5.42. The zero-order valence-electron chi connectivity index (χ0n) is 13.3. The van der Waals surface area contributed by atoms with Gasteiger partial charge in [0, 0.05) is 24.2 Å². The highest BCUT2D eigenvalue weighted by Gasteiger charge is 2.35. The molecule has 0 aromatic carbocycles. The molecule has 2 rings (SSSR count). The van der Waals surface area contributed by atoms with Crippen molar-refractivity contribution in [3.63, 3.8) is 0 Å². The molecule has 1 aromatic rings. The van der Waals surface area contributed by atoms with Gasteiger partial charge in [0.05, 0.1) is 6.26 Å². The van der Waals surface area contributed by atoms with Gasteiger partial charge in [0.1, 0.15) is 5.76 Å². The number of likely N-dealkylation sites (N-methyl/N-ethyl adjacent to an activating group) is 1. The van der Waals surface area contributed by atoms with Crippen LogP contribution in [0.3, 0.4) is 0 Å². The lowest BCUT2D eigenvalue weighted by molar-refractivity contribution is 0.0979. The number of hydrogen-bond acceptors (Lipinski definition) is 3. The second kappa shape index (κ2) is 6.77. The van der Waals surface area contributed by atoms with E-state index in [1.807, 2.05) is 6.92 Å². The topological polar surface area (TPSA) is 42.4 Å². The van der Waals surface area contributed by atoms with Crippen molar-refractivity contribution in [3.8, 4) is 0 Å². The molecule has 0 bridgehead atoms. The fraction of sp³-hybridized carbons (Fsp3) is 0.765. The summed E-state index contributed by atoms with van der Waals surface area (Å²) in [5.74, 6) is 1.93. The third-order valence-corrected chi connectivity index (χ3v) is 5.41. The number of nitrogens with zero attached hydrogens (tertiary/aromatic N) is 1. The third kappa shape index (κ3) is 3.26. The van der Waals surface area contributed by atoms with Crippen molar-refractivity contribution in [2.75, 3.05) is 13.6 Å². The zero-order chi connectivity index (χ0) is 14.6. The zero-order valence-corrected chi connectivity index (χ0v) is 13.3. The molecule has 20 heavy (non-hydrogen) atoms. The summed E-state index contributed by atoms with van der Waals surface area (Å²) in [5, 5.41) is 0. The van der Waals surface area contributed by atoms with Crippen LogP contribution in [0.25, 0.3) is 0 Å². The van der Waals surface area contributed by atoms with Gasteiger partial charge in [-0.1, -0.05) is 26.2 Å². The largest absolute Gasteiger partial charge is 0.469 e. The summed E-state index contributed by atoms with van der Waals surface area (Å²) >= 11 is 0. The first-order valence-corrected chi connectivity index (χ1v) is 8.05. The van der Waals surface area contributed by atoms with Gasteiger partial charge in [-0.25, -0.2) is 0 Å². The van der Waals surface area contributed by atoms with Crippen molar-refractivity contribution in [1.82, 2.24) is 4.90 Å².